The number of nitrogens with zero attached hydrogens (tertiary/aromatic N) is 8. The van der Waals surface area contributed by atoms with Crippen LogP contribution in [0.4, 0.5) is 75.8 Å². The number of benzene rings is 4. The summed E-state index contributed by atoms with van der Waals surface area (Å²) in [5.74, 6) is -10.2. The molecule has 95 heavy (non-hydrogen) atoms. The Bertz CT molecular complexity index is 3300. The zero-order chi connectivity index (χ0) is 71.3. The summed E-state index contributed by atoms with van der Waals surface area (Å²) < 4.78 is 142. The van der Waals surface area contributed by atoms with E-state index in [9.17, 15) is 68.3 Å². The normalized spacial score (nSPS) is 15.2. The predicted octanol–water partition coefficient (Wildman–Crippen LogP) is 11.2. The van der Waals surface area contributed by atoms with Crippen LogP contribution >= 0.6 is 0 Å². The van der Waals surface area contributed by atoms with Gasteiger partial charge < -0.3 is 64.3 Å². The van der Waals surface area contributed by atoms with Gasteiger partial charge in [0.1, 0.15) is 22.4 Å². The lowest BCUT2D eigenvalue weighted by Crippen LogP contribution is -2.50. The smallest absolute Gasteiger partial charge is 0.410 e. The molecule has 4 aromatic rings. The average molecular weight is 1350 g/mol. The van der Waals surface area contributed by atoms with Gasteiger partial charge in [0.25, 0.3) is 0 Å². The van der Waals surface area contributed by atoms with Gasteiger partial charge in [-0.1, -0.05) is 12.1 Å². The molecule has 0 spiro atoms. The van der Waals surface area contributed by atoms with Crippen molar-refractivity contribution in [2.75, 3.05) is 126 Å². The fraction of sp³-hybridized carbons (Fsp3) is 0.530. The number of ether oxygens (including phenoxy) is 4. The number of piperazine rings is 4. The second kappa shape index (κ2) is 35.3. The molecule has 4 aliphatic heterocycles. The highest BCUT2D eigenvalue weighted by molar-refractivity contribution is 5.77. The number of aldehydes is 2. The number of rotatable bonds is 8. The van der Waals surface area contributed by atoms with Crippen LogP contribution in [-0.2, 0) is 31.8 Å². The minimum Gasteiger partial charge on any atom is -0.444 e. The molecule has 0 aliphatic carbocycles. The molecule has 4 aliphatic rings. The van der Waals surface area contributed by atoms with Crippen molar-refractivity contribution in [3.63, 3.8) is 0 Å². The Morgan fingerprint density at radius 1 is 0.432 bits per heavy atom. The van der Waals surface area contributed by atoms with Crippen molar-refractivity contribution in [2.24, 2.45) is 5.73 Å². The molecule has 8 rings (SSSR count). The van der Waals surface area contributed by atoms with Gasteiger partial charge in [0.05, 0.1) is 40.7 Å². The molecule has 4 saturated heterocycles. The molecule has 0 saturated carbocycles. The average Bonchev–Trinajstić information content (AvgIpc) is 0.836. The summed E-state index contributed by atoms with van der Waals surface area (Å²) in [4.78, 5) is 79.6. The quantitative estimate of drug-likeness (QED) is 0.0724. The number of carbonyl (C=O) groups excluding carboxylic acids is 6. The van der Waals surface area contributed by atoms with Gasteiger partial charge >= 0.3 is 24.4 Å². The number of carbonyl (C=O) groups is 6. The molecule has 4 heterocycles. The molecule has 29 heteroatoms. The molecule has 20 nitrogen and oxygen atoms in total. The number of hydrogen-bond donors (Lipinski definition) is 2. The molecule has 0 radical (unpaired) electrons. The topological polar surface area (TPSA) is 224 Å². The summed E-state index contributed by atoms with van der Waals surface area (Å²) in [6.45, 7) is 29.9. The highest BCUT2D eigenvalue weighted by atomic mass is 19.2. The third-order valence-electron chi connectivity index (χ3n) is 14.0. The fourth-order valence-corrected chi connectivity index (χ4v) is 9.28. The van der Waals surface area contributed by atoms with Gasteiger partial charge in [-0.15, -0.1) is 0 Å². The molecular weight excluding hydrogens is 1260 g/mol. The van der Waals surface area contributed by atoms with Gasteiger partial charge in [0, 0.05) is 110 Å². The Hall–Kier alpha value is -8.52. The molecule has 524 valence electrons. The van der Waals surface area contributed by atoms with E-state index < -0.39 is 86.9 Å². The number of nitrogens with one attached hydrogen (secondary N) is 1. The van der Waals surface area contributed by atoms with Crippen LogP contribution in [0.25, 0.3) is 0 Å². The van der Waals surface area contributed by atoms with Gasteiger partial charge in [-0.25, -0.2) is 58.7 Å². The number of hydrogen-bond acceptors (Lipinski definition) is 16. The second-order valence-electron chi connectivity index (χ2n) is 26.0. The fourth-order valence-electron chi connectivity index (χ4n) is 9.28. The van der Waals surface area contributed by atoms with Crippen molar-refractivity contribution in [1.29, 1.82) is 5.26 Å². The standard InChI is InChI=1S/C17H25F2N3O2.C17H21F2N3O2.C16H20F2N2O3.C9H18N2O2.C7H3F3O/c2*1-17(2,3)24-16(23)22-10-8-21(9-11-22)13-5-4-12(6-7-20)14(18)15(13)19;1-16(2,3)23-15(22)20-8-6-19(7-9-20)12-5-4-11(10-21)13(17)14(12)18;1-9(2,3)13-8(12)11-6-4-10-5-7-11;8-5-2-1-4(3-11)6(9)7(5)10/h4-5H,6-11,20H2,1-3H3;4-5H,6,8-11H2,1-3H3;4-5,10H,6-9H2,1-3H3;10H,4-7H2,1-3H3;1-3H. The van der Waals surface area contributed by atoms with Crippen molar-refractivity contribution >= 4 is 54.0 Å². The Kier molecular flexibility index (Phi) is 29.3. The number of nitrogens with two attached hydrogens (primary N) is 1. The van der Waals surface area contributed by atoms with Gasteiger partial charge in [-0.3, -0.25) is 9.59 Å². The van der Waals surface area contributed by atoms with Gasteiger partial charge in [-0.05, 0) is 138 Å². The van der Waals surface area contributed by atoms with Crippen molar-refractivity contribution < 1.29 is 87.2 Å². The first-order chi connectivity index (χ1) is 44.3. The predicted molar refractivity (Wildman–Crippen MR) is 339 cm³/mol. The van der Waals surface area contributed by atoms with E-state index >= 15 is 0 Å². The lowest BCUT2D eigenvalue weighted by Gasteiger charge is -2.37. The zero-order valence-corrected chi connectivity index (χ0v) is 55.8. The minimum atomic E-state index is -1.62. The third-order valence-corrected chi connectivity index (χ3v) is 14.0. The monoisotopic (exact) mass is 1350 g/mol. The first-order valence-corrected chi connectivity index (χ1v) is 30.7. The molecule has 0 unspecified atom stereocenters. The Morgan fingerprint density at radius 3 is 1.05 bits per heavy atom. The summed E-state index contributed by atoms with van der Waals surface area (Å²) in [7, 11) is 0. The summed E-state index contributed by atoms with van der Waals surface area (Å²) in [6, 6.07) is 12.1. The van der Waals surface area contributed by atoms with Crippen LogP contribution < -0.4 is 25.8 Å². The third kappa shape index (κ3) is 24.6. The Morgan fingerprint density at radius 2 is 0.726 bits per heavy atom. The van der Waals surface area contributed by atoms with Crippen molar-refractivity contribution in [3.05, 3.63) is 123 Å². The Labute approximate surface area is 548 Å². The number of nitriles is 1. The zero-order valence-electron chi connectivity index (χ0n) is 55.8. The first-order valence-electron chi connectivity index (χ1n) is 30.7. The van der Waals surface area contributed by atoms with Gasteiger partial charge in [0.15, 0.2) is 64.9 Å². The van der Waals surface area contributed by atoms with E-state index in [1.54, 1.807) is 83.1 Å². The van der Waals surface area contributed by atoms with E-state index in [0.717, 1.165) is 32.2 Å². The number of halogens is 9. The maximum absolute atomic E-state index is 14.3. The lowest BCUT2D eigenvalue weighted by atomic mass is 10.1. The van der Waals surface area contributed by atoms with E-state index in [1.165, 1.54) is 29.2 Å². The van der Waals surface area contributed by atoms with Crippen molar-refractivity contribution in [2.45, 2.75) is 118 Å². The first kappa shape index (κ1) is 78.9. The van der Waals surface area contributed by atoms with E-state index in [-0.39, 0.29) is 77.1 Å². The van der Waals surface area contributed by atoms with Crippen LogP contribution in [0, 0.1) is 63.7 Å². The molecule has 4 aromatic carbocycles. The molecule has 3 N–H and O–H groups in total. The van der Waals surface area contributed by atoms with Crippen LogP contribution in [0.2, 0.25) is 0 Å². The maximum atomic E-state index is 14.3. The Balaban J connectivity index is 0.000000260. The van der Waals surface area contributed by atoms with Crippen LogP contribution in [0.1, 0.15) is 115 Å². The highest BCUT2D eigenvalue weighted by Gasteiger charge is 2.32. The van der Waals surface area contributed by atoms with Crippen LogP contribution in [0.5, 0.6) is 0 Å². The van der Waals surface area contributed by atoms with Crippen LogP contribution in [-0.4, -0.2) is 190 Å². The van der Waals surface area contributed by atoms with Crippen LogP contribution in [0.3, 0.4) is 0 Å². The second-order valence-corrected chi connectivity index (χ2v) is 26.0. The van der Waals surface area contributed by atoms with Crippen LogP contribution in [0.15, 0.2) is 48.5 Å². The molecule has 4 fully saturated rings. The largest absolute Gasteiger partial charge is 0.444 e. The number of amides is 4. The van der Waals surface area contributed by atoms with Gasteiger partial charge in [-0.2, -0.15) is 5.26 Å². The van der Waals surface area contributed by atoms with Crippen molar-refractivity contribution in [1.82, 2.24) is 24.9 Å². The molecule has 0 bridgehead atoms. The van der Waals surface area contributed by atoms with E-state index in [0.29, 0.717) is 91.0 Å². The molecule has 4 amide bonds. The highest BCUT2D eigenvalue weighted by Crippen LogP contribution is 2.29. The summed E-state index contributed by atoms with van der Waals surface area (Å²) in [6.07, 6.45) is -0.870. The maximum Gasteiger partial charge on any atom is 0.410 e. The molecular formula is C66H87F9N10O10. The number of anilines is 3. The van der Waals surface area contributed by atoms with Crippen molar-refractivity contribution in [3.8, 4) is 6.07 Å². The summed E-state index contributed by atoms with van der Waals surface area (Å²) in [5, 5.41) is 11.8. The van der Waals surface area contributed by atoms with E-state index in [1.807, 2.05) is 47.6 Å². The van der Waals surface area contributed by atoms with E-state index in [2.05, 4.69) is 5.32 Å². The molecule has 0 atom stereocenters. The van der Waals surface area contributed by atoms with E-state index in [4.69, 9.17) is 29.9 Å². The lowest BCUT2D eigenvalue weighted by molar-refractivity contribution is 0.0221. The summed E-state index contributed by atoms with van der Waals surface area (Å²) >= 11 is 0. The molecule has 0 aromatic heterocycles. The van der Waals surface area contributed by atoms with Gasteiger partial charge in [0.2, 0.25) is 0 Å². The SMILES string of the molecule is CC(C)(C)OC(=O)N1CCN(c2ccc(C=O)c(F)c2F)CC1.CC(C)(C)OC(=O)N1CCN(c2ccc(CC#N)c(F)c2F)CC1.CC(C)(C)OC(=O)N1CCN(c2ccc(CCN)c(F)c2F)CC1.CC(C)(C)OC(=O)N1CCNCC1.O=Cc1ccc(F)c(F)c1F. The minimum absolute atomic E-state index is 0.0474. The summed E-state index contributed by atoms with van der Waals surface area (Å²) in [5.41, 5.74) is 3.32.